The van der Waals surface area contributed by atoms with Crippen LogP contribution in [0.2, 0.25) is 0 Å². The molecule has 2 amide bonds. The molecule has 33 heavy (non-hydrogen) atoms. The van der Waals surface area contributed by atoms with Crippen molar-refractivity contribution in [3.05, 3.63) is 63.0 Å². The molecule has 1 fully saturated rings. The maximum atomic E-state index is 12.8. The molecule has 9 heteroatoms. The number of rotatable bonds is 7. The number of hydrogen-bond acceptors (Lipinski definition) is 7. The van der Waals surface area contributed by atoms with Gasteiger partial charge in [-0.2, -0.15) is 0 Å². The van der Waals surface area contributed by atoms with Crippen molar-refractivity contribution in [2.24, 2.45) is 0 Å². The van der Waals surface area contributed by atoms with Crippen LogP contribution >= 0.6 is 27.7 Å². The monoisotopic (exact) mass is 533 g/mol. The summed E-state index contributed by atoms with van der Waals surface area (Å²) in [6, 6.07) is 13.2. The second kappa shape index (κ2) is 10.4. The number of amides is 2. The summed E-state index contributed by atoms with van der Waals surface area (Å²) in [5.74, 6) is -0.184. The number of nitrogens with zero attached hydrogens (tertiary/aromatic N) is 1. The lowest BCUT2D eigenvalue weighted by Crippen LogP contribution is -2.37. The predicted octanol–water partition coefficient (Wildman–Crippen LogP) is 5.41. The molecule has 0 N–H and O–H groups in total. The molecule has 2 aromatic carbocycles. The van der Waals surface area contributed by atoms with Gasteiger partial charge in [0.15, 0.2) is 11.5 Å². The van der Waals surface area contributed by atoms with Gasteiger partial charge in [0.1, 0.15) is 18.8 Å². The summed E-state index contributed by atoms with van der Waals surface area (Å²) >= 11 is 4.26. The maximum Gasteiger partial charge on any atom is 0.326 e. The average molecular weight is 534 g/mol. The molecule has 2 aromatic rings. The summed E-state index contributed by atoms with van der Waals surface area (Å²) in [6.45, 7) is 5.09. The zero-order valence-corrected chi connectivity index (χ0v) is 21.1. The smallest absolute Gasteiger partial charge is 0.326 e. The van der Waals surface area contributed by atoms with E-state index in [2.05, 4.69) is 15.9 Å². The van der Waals surface area contributed by atoms with Crippen LogP contribution < -0.4 is 9.47 Å². The largest absolute Gasteiger partial charge is 0.493 e. The highest BCUT2D eigenvalue weighted by molar-refractivity contribution is 9.10. The Balaban J connectivity index is 1.77. The topological polar surface area (TPSA) is 82.1 Å². The van der Waals surface area contributed by atoms with E-state index in [-0.39, 0.29) is 4.91 Å². The van der Waals surface area contributed by atoms with Gasteiger partial charge in [0.05, 0.1) is 12.0 Å². The first-order valence-electron chi connectivity index (χ1n) is 10.1. The molecule has 3 rings (SSSR count). The minimum atomic E-state index is -0.708. The number of ether oxygens (including phenoxy) is 3. The number of methoxy groups -OCH3 is 1. The van der Waals surface area contributed by atoms with Gasteiger partial charge in [-0.1, -0.05) is 46.3 Å². The fourth-order valence-corrected chi connectivity index (χ4v) is 4.22. The van der Waals surface area contributed by atoms with Gasteiger partial charge in [-0.3, -0.25) is 19.3 Å². The molecule has 0 aromatic heterocycles. The van der Waals surface area contributed by atoms with Crippen LogP contribution in [0, 0.1) is 0 Å². The van der Waals surface area contributed by atoms with Crippen LogP contribution in [-0.4, -0.2) is 41.3 Å². The third-order valence-electron chi connectivity index (χ3n) is 4.39. The van der Waals surface area contributed by atoms with Crippen LogP contribution in [0.3, 0.4) is 0 Å². The summed E-state index contributed by atoms with van der Waals surface area (Å²) in [5.41, 5.74) is 0.931. The van der Waals surface area contributed by atoms with E-state index >= 15 is 0 Å². The van der Waals surface area contributed by atoms with Crippen molar-refractivity contribution < 1.29 is 28.6 Å². The summed E-state index contributed by atoms with van der Waals surface area (Å²) in [7, 11) is 1.52. The molecule has 0 atom stereocenters. The highest BCUT2D eigenvalue weighted by Crippen LogP contribution is 2.38. The fraction of sp³-hybridized carbons (Fsp3) is 0.292. The fourth-order valence-electron chi connectivity index (χ4n) is 2.95. The normalized spacial score (nSPS) is 15.2. The summed E-state index contributed by atoms with van der Waals surface area (Å²) < 4.78 is 17.2. The van der Waals surface area contributed by atoms with Gasteiger partial charge in [0.2, 0.25) is 0 Å². The maximum absolute atomic E-state index is 12.8. The van der Waals surface area contributed by atoms with Crippen molar-refractivity contribution in [1.29, 1.82) is 0 Å². The molecule has 0 saturated carbocycles. The van der Waals surface area contributed by atoms with Gasteiger partial charge >= 0.3 is 5.97 Å². The first-order valence-corrected chi connectivity index (χ1v) is 11.7. The molecule has 0 radical (unpaired) electrons. The number of imide groups is 1. The van der Waals surface area contributed by atoms with E-state index in [0.717, 1.165) is 22.2 Å². The summed E-state index contributed by atoms with van der Waals surface area (Å²) in [6.07, 6.45) is 1.58. The van der Waals surface area contributed by atoms with Gasteiger partial charge in [-0.25, -0.2) is 0 Å². The Morgan fingerprint density at radius 2 is 1.82 bits per heavy atom. The Morgan fingerprint density at radius 3 is 2.45 bits per heavy atom. The molecule has 0 bridgehead atoms. The van der Waals surface area contributed by atoms with Crippen LogP contribution in [0.1, 0.15) is 31.9 Å². The van der Waals surface area contributed by atoms with Gasteiger partial charge in [-0.05, 0) is 61.9 Å². The highest BCUT2D eigenvalue weighted by atomic mass is 79.9. The number of esters is 1. The Labute approximate surface area is 205 Å². The molecule has 174 valence electrons. The quantitative estimate of drug-likeness (QED) is 0.347. The Bertz CT molecular complexity index is 1090. The zero-order valence-electron chi connectivity index (χ0n) is 18.7. The van der Waals surface area contributed by atoms with E-state index in [9.17, 15) is 14.4 Å². The lowest BCUT2D eigenvalue weighted by molar-refractivity contribution is -0.156. The van der Waals surface area contributed by atoms with Gasteiger partial charge in [0.25, 0.3) is 11.1 Å². The molecule has 0 aliphatic carbocycles. The van der Waals surface area contributed by atoms with Crippen LogP contribution in [0.15, 0.2) is 51.8 Å². The Kier molecular flexibility index (Phi) is 7.86. The summed E-state index contributed by atoms with van der Waals surface area (Å²) in [4.78, 5) is 38.2. The minimum absolute atomic E-state index is 0.198. The first kappa shape index (κ1) is 24.9. The van der Waals surface area contributed by atoms with Gasteiger partial charge < -0.3 is 14.2 Å². The zero-order chi connectivity index (χ0) is 24.2. The first-order chi connectivity index (χ1) is 15.6. The predicted molar refractivity (Wildman–Crippen MR) is 130 cm³/mol. The van der Waals surface area contributed by atoms with E-state index in [0.29, 0.717) is 28.1 Å². The average Bonchev–Trinajstić information content (AvgIpc) is 3.00. The van der Waals surface area contributed by atoms with Gasteiger partial charge in [-0.15, -0.1) is 0 Å². The number of thioether (sulfide) groups is 1. The third-order valence-corrected chi connectivity index (χ3v) is 5.98. The van der Waals surface area contributed by atoms with Crippen molar-refractivity contribution in [3.8, 4) is 11.5 Å². The second-order valence-corrected chi connectivity index (χ2v) is 10.0. The highest BCUT2D eigenvalue weighted by Gasteiger charge is 2.37. The summed E-state index contributed by atoms with van der Waals surface area (Å²) in [5, 5.41) is -0.525. The second-order valence-electron chi connectivity index (χ2n) is 8.15. The van der Waals surface area contributed by atoms with Crippen molar-refractivity contribution in [3.63, 3.8) is 0 Å². The van der Waals surface area contributed by atoms with Crippen LogP contribution in [0.5, 0.6) is 11.5 Å². The van der Waals surface area contributed by atoms with Crippen molar-refractivity contribution in [2.45, 2.75) is 33.0 Å². The SMILES string of the molecule is COc1cc(C=C2SC(=O)N(CC(=O)OC(C)(C)C)C2=O)c(Br)cc1OCc1ccccc1. The number of benzene rings is 2. The molecule has 1 heterocycles. The molecule has 0 spiro atoms. The van der Waals surface area contributed by atoms with Crippen LogP contribution in [0.4, 0.5) is 4.79 Å². The van der Waals surface area contributed by atoms with E-state index in [1.54, 1.807) is 39.0 Å². The lowest BCUT2D eigenvalue weighted by Gasteiger charge is -2.21. The molecule has 1 saturated heterocycles. The van der Waals surface area contributed by atoms with E-state index < -0.39 is 29.3 Å². The number of hydrogen-bond donors (Lipinski definition) is 0. The van der Waals surface area contributed by atoms with Crippen molar-refractivity contribution >= 4 is 50.9 Å². The minimum Gasteiger partial charge on any atom is -0.493 e. The molecule has 1 aliphatic heterocycles. The van der Waals surface area contributed by atoms with E-state index in [4.69, 9.17) is 14.2 Å². The van der Waals surface area contributed by atoms with Crippen LogP contribution in [0.25, 0.3) is 6.08 Å². The molecular weight excluding hydrogens is 510 g/mol. The number of carbonyl (C=O) groups is 3. The Morgan fingerprint density at radius 1 is 1.12 bits per heavy atom. The standard InChI is InChI=1S/C24H24BrNO6S/c1-24(2,3)32-21(27)13-26-22(28)20(33-23(26)29)11-16-10-18(30-4)19(12-17(16)25)31-14-15-8-6-5-7-9-15/h5-12H,13-14H2,1-4H3. The van der Waals surface area contributed by atoms with Crippen molar-refractivity contribution in [1.82, 2.24) is 4.90 Å². The lowest BCUT2D eigenvalue weighted by atomic mass is 10.1. The molecule has 7 nitrogen and oxygen atoms in total. The van der Waals surface area contributed by atoms with E-state index in [1.807, 2.05) is 30.3 Å². The number of halogens is 1. The van der Waals surface area contributed by atoms with Crippen LogP contribution in [-0.2, 0) is 20.9 Å². The van der Waals surface area contributed by atoms with Crippen molar-refractivity contribution in [2.75, 3.05) is 13.7 Å². The third kappa shape index (κ3) is 6.61. The molecule has 0 unspecified atom stereocenters. The van der Waals surface area contributed by atoms with E-state index in [1.165, 1.54) is 7.11 Å². The molecule has 1 aliphatic rings. The Hall–Kier alpha value is -2.78. The van der Waals surface area contributed by atoms with Gasteiger partial charge in [0, 0.05) is 4.47 Å². The number of carbonyl (C=O) groups excluding carboxylic acids is 3. The molecular formula is C24H24BrNO6S.